The van der Waals surface area contributed by atoms with Crippen LogP contribution in [0.3, 0.4) is 0 Å². The normalized spacial score (nSPS) is 17.7. The summed E-state index contributed by atoms with van der Waals surface area (Å²) in [6, 6.07) is 26.4. The molecule has 93 heavy (non-hydrogen) atoms. The quantitative estimate of drug-likeness (QED) is 0.116. The van der Waals surface area contributed by atoms with Crippen LogP contribution in [0.5, 0.6) is 11.5 Å². The number of nitrogens with zero attached hydrogens (tertiary/aromatic N) is 9. The number of hydrogen-bond acceptors (Lipinski definition) is 14. The van der Waals surface area contributed by atoms with Gasteiger partial charge in [-0.2, -0.15) is 10.2 Å². The lowest BCUT2D eigenvalue weighted by Gasteiger charge is -2.38. The van der Waals surface area contributed by atoms with Gasteiger partial charge in [0.15, 0.2) is 0 Å². The Balaban J connectivity index is 0.000000195. The zero-order valence-electron chi connectivity index (χ0n) is 53.8. The predicted octanol–water partition coefficient (Wildman–Crippen LogP) is 12.3. The van der Waals surface area contributed by atoms with E-state index in [-0.39, 0.29) is 49.8 Å². The Bertz CT molecular complexity index is 3500. The molecule has 6 fully saturated rings. The van der Waals surface area contributed by atoms with Crippen molar-refractivity contribution < 1.29 is 52.8 Å². The van der Waals surface area contributed by atoms with Crippen molar-refractivity contribution in [3.05, 3.63) is 121 Å². The molecule has 5 saturated heterocycles. The Morgan fingerprint density at radius 3 is 1.22 bits per heavy atom. The molecule has 7 heterocycles. The third kappa shape index (κ3) is 16.2. The highest BCUT2D eigenvalue weighted by atomic mass is 16.6. The molecule has 5 aliphatic heterocycles. The number of ether oxygens (including phenoxy) is 4. The molecule has 500 valence electrons. The van der Waals surface area contributed by atoms with Gasteiger partial charge in [-0.3, -0.25) is 24.6 Å². The van der Waals surface area contributed by atoms with Crippen molar-refractivity contribution in [2.24, 2.45) is 10.8 Å². The van der Waals surface area contributed by atoms with E-state index in [4.69, 9.17) is 24.1 Å². The van der Waals surface area contributed by atoms with Crippen LogP contribution in [0.1, 0.15) is 135 Å². The molecule has 6 aromatic rings. The van der Waals surface area contributed by atoms with Crippen molar-refractivity contribution >= 4 is 58.6 Å². The van der Waals surface area contributed by atoms with E-state index in [0.29, 0.717) is 102 Å². The Morgan fingerprint density at radius 2 is 0.849 bits per heavy atom. The average Bonchev–Trinajstić information content (AvgIpc) is 1.66. The molecule has 2 spiro atoms. The fourth-order valence-electron chi connectivity index (χ4n) is 13.2. The van der Waals surface area contributed by atoms with E-state index >= 15 is 0 Å². The average molecular weight is 1280 g/mol. The minimum Gasteiger partial charge on any atom is -0.496 e. The molecular formula is C71H95N11O11. The van der Waals surface area contributed by atoms with Crippen molar-refractivity contribution in [2.45, 2.75) is 125 Å². The zero-order valence-corrected chi connectivity index (χ0v) is 53.8. The molecule has 22 nitrogen and oxygen atoms in total. The first-order valence-electron chi connectivity index (χ1n) is 31.7. The summed E-state index contributed by atoms with van der Waals surface area (Å²) in [5.41, 5.74) is 6.93. The van der Waals surface area contributed by atoms with E-state index < -0.39 is 22.6 Å². The molecule has 4 aromatic carbocycles. The van der Waals surface area contributed by atoms with E-state index in [1.54, 1.807) is 60.7 Å². The van der Waals surface area contributed by atoms with Crippen LogP contribution in [-0.4, -0.2) is 180 Å². The molecule has 5 amide bonds. The third-order valence-electron chi connectivity index (χ3n) is 18.3. The Hall–Kier alpha value is -9.08. The van der Waals surface area contributed by atoms with Gasteiger partial charge in [0.25, 0.3) is 5.91 Å². The van der Waals surface area contributed by atoms with Gasteiger partial charge in [0, 0.05) is 154 Å². The lowest BCUT2D eigenvalue weighted by atomic mass is 9.73. The number of aromatic carboxylic acids is 1. The van der Waals surface area contributed by atoms with E-state index in [1.165, 1.54) is 19.3 Å². The summed E-state index contributed by atoms with van der Waals surface area (Å²) in [6.45, 7) is 18.9. The van der Waals surface area contributed by atoms with Gasteiger partial charge in [-0.25, -0.2) is 14.4 Å². The molecular weight excluding hydrogens is 1180 g/mol. The number of benzene rings is 4. The molecule has 3 N–H and O–H groups in total. The number of anilines is 4. The fraction of sp³-hybridized carbons (Fsp3) is 0.493. The van der Waals surface area contributed by atoms with Gasteiger partial charge in [-0.1, -0.05) is 34.1 Å². The number of likely N-dealkylation sites (tertiary alicyclic amines) is 1. The summed E-state index contributed by atoms with van der Waals surface area (Å²) in [5.74, 6) is 0.960. The number of H-pyrrole nitrogens is 2. The van der Waals surface area contributed by atoms with Crippen LogP contribution in [0.2, 0.25) is 0 Å². The van der Waals surface area contributed by atoms with Crippen LogP contribution >= 0.6 is 0 Å². The molecule has 12 rings (SSSR count). The Kier molecular flexibility index (Phi) is 22.3. The van der Waals surface area contributed by atoms with Crippen molar-refractivity contribution in [1.82, 2.24) is 35.1 Å². The molecule has 0 radical (unpaired) electrons. The number of piperidine rings is 1. The number of carbonyl (C=O) groups is 6. The van der Waals surface area contributed by atoms with Gasteiger partial charge < -0.3 is 58.4 Å². The summed E-state index contributed by atoms with van der Waals surface area (Å²) < 4.78 is 22.1. The largest absolute Gasteiger partial charge is 0.496 e. The molecule has 0 atom stereocenters. The van der Waals surface area contributed by atoms with Gasteiger partial charge in [0.1, 0.15) is 22.7 Å². The highest BCUT2D eigenvalue weighted by Crippen LogP contribution is 2.48. The zero-order chi connectivity index (χ0) is 64.7. The first-order chi connectivity index (χ1) is 43.6. The summed E-state index contributed by atoms with van der Waals surface area (Å²) in [7, 11) is 3.29. The van der Waals surface area contributed by atoms with Gasteiger partial charge in [-0.15, -0.1) is 0 Å². The SMILES string of the molecule is C.C.CC(C)(C)OC(=O)N1CCN(c2ccc(C(=O)O)cc2)CC1.COc1cc(N2CCC3(CCCCC3)C2=O)ccc1-c1cn[nH]c1.COc1cc(N2CCC3(CCN(C(=O)c4ccc(N5CCN(C(=O)OC(C)(C)C)CC5)cc4)CC3)C2=O)ccc1-c1cn[nH]c1. The molecule has 1 saturated carbocycles. The summed E-state index contributed by atoms with van der Waals surface area (Å²) in [5, 5.41) is 22.6. The number of aromatic amines is 2. The van der Waals surface area contributed by atoms with Crippen LogP contribution in [0.25, 0.3) is 22.3 Å². The van der Waals surface area contributed by atoms with Crippen molar-refractivity contribution in [1.29, 1.82) is 0 Å². The number of methoxy groups -OCH3 is 2. The third-order valence-corrected chi connectivity index (χ3v) is 18.3. The topological polar surface area (TPSA) is 240 Å². The van der Waals surface area contributed by atoms with Gasteiger partial charge >= 0.3 is 18.2 Å². The molecule has 0 unspecified atom stereocenters. The lowest BCUT2D eigenvalue weighted by Crippen LogP contribution is -2.50. The highest BCUT2D eigenvalue weighted by molar-refractivity contribution is 6.02. The lowest BCUT2D eigenvalue weighted by molar-refractivity contribution is -0.128. The predicted molar refractivity (Wildman–Crippen MR) is 362 cm³/mol. The van der Waals surface area contributed by atoms with Crippen molar-refractivity contribution in [3.63, 3.8) is 0 Å². The highest BCUT2D eigenvalue weighted by Gasteiger charge is 2.50. The Labute approximate surface area is 547 Å². The van der Waals surface area contributed by atoms with Crippen molar-refractivity contribution in [3.8, 4) is 33.8 Å². The van der Waals surface area contributed by atoms with Crippen LogP contribution < -0.4 is 29.1 Å². The number of amides is 5. The minimum atomic E-state index is -0.929. The standard InChI is InChI=1S/C34H42N6O5.C19H23N3O2.C16H22N2O4.2CH4/c1-33(2,3)45-32(43)39-19-17-37(18-20-39)26-7-5-24(6-8-26)30(41)38-14-11-34(12-15-38)13-16-40(31(34)42)27-9-10-28(29(21-27)44-4)25-22-35-36-23-25;1-24-17-11-15(5-6-16(17)14-12-20-21-13-14)22-10-9-19(18(22)23)7-3-2-4-8-19;1-16(2,3)22-15(21)18-10-8-17(9-11-18)13-6-4-12(5-7-13)14(19)20;;/h5-10,21-23H,11-20H2,1-4H3,(H,35,36);5-6,11-13H,2-4,7-10H2,1H3,(H,20,21);4-7H,8-11H2,1-3H3,(H,19,20);2*1H4. The van der Waals surface area contributed by atoms with Gasteiger partial charge in [-0.05, 0) is 153 Å². The minimum absolute atomic E-state index is 0. The molecule has 2 aromatic heterocycles. The molecule has 0 bridgehead atoms. The van der Waals surface area contributed by atoms with E-state index in [9.17, 15) is 28.8 Å². The van der Waals surface area contributed by atoms with Gasteiger partial charge in [0.2, 0.25) is 11.8 Å². The fourth-order valence-corrected chi connectivity index (χ4v) is 13.2. The first kappa shape index (κ1) is 69.8. The maximum atomic E-state index is 13.8. The molecule has 6 aliphatic rings. The second-order valence-electron chi connectivity index (χ2n) is 26.4. The number of carboxylic acid groups (broad SMARTS) is 1. The number of carboxylic acids is 1. The smallest absolute Gasteiger partial charge is 0.410 e. The molecule has 1 aliphatic carbocycles. The van der Waals surface area contributed by atoms with E-state index in [0.717, 1.165) is 83.0 Å². The van der Waals surface area contributed by atoms with E-state index in [1.807, 2.05) is 129 Å². The number of aromatic nitrogens is 4. The van der Waals surface area contributed by atoms with E-state index in [2.05, 4.69) is 30.2 Å². The van der Waals surface area contributed by atoms with Crippen LogP contribution in [0.4, 0.5) is 32.3 Å². The van der Waals surface area contributed by atoms with Crippen LogP contribution in [-0.2, 0) is 19.1 Å². The second-order valence-corrected chi connectivity index (χ2v) is 26.4. The number of rotatable bonds is 10. The first-order valence-corrected chi connectivity index (χ1v) is 31.7. The monoisotopic (exact) mass is 1280 g/mol. The maximum absolute atomic E-state index is 13.8. The van der Waals surface area contributed by atoms with Crippen LogP contribution in [0.15, 0.2) is 110 Å². The van der Waals surface area contributed by atoms with Crippen molar-refractivity contribution in [2.75, 3.05) is 112 Å². The number of piperazine rings is 2. The number of hydrogen-bond donors (Lipinski definition) is 3. The van der Waals surface area contributed by atoms with Crippen LogP contribution in [0, 0.1) is 10.8 Å². The summed E-state index contributed by atoms with van der Waals surface area (Å²) >= 11 is 0. The Morgan fingerprint density at radius 1 is 0.473 bits per heavy atom. The summed E-state index contributed by atoms with van der Waals surface area (Å²) in [6.07, 6.45) is 15.4. The second kappa shape index (κ2) is 29.7. The maximum Gasteiger partial charge on any atom is 0.410 e. The van der Waals surface area contributed by atoms with Gasteiger partial charge in [0.05, 0.1) is 43.0 Å². The number of nitrogens with one attached hydrogen (secondary N) is 2. The molecule has 22 heteroatoms. The summed E-state index contributed by atoms with van der Waals surface area (Å²) in [4.78, 5) is 89.0. The number of carbonyl (C=O) groups excluding carboxylic acids is 5.